The molecule has 0 saturated heterocycles. The quantitative estimate of drug-likeness (QED) is 0.840. The van der Waals surface area contributed by atoms with Crippen molar-refractivity contribution >= 4 is 12.1 Å². The van der Waals surface area contributed by atoms with Gasteiger partial charge in [0.15, 0.2) is 0 Å². The van der Waals surface area contributed by atoms with Crippen LogP contribution in [0.3, 0.4) is 0 Å². The lowest BCUT2D eigenvalue weighted by atomic mass is 9.97. The average molecular weight is 257 g/mol. The molecule has 1 saturated carbocycles. The number of aliphatic carboxylic acids is 1. The van der Waals surface area contributed by atoms with Gasteiger partial charge in [0.1, 0.15) is 5.60 Å². The van der Waals surface area contributed by atoms with Crippen LogP contribution in [-0.2, 0) is 9.53 Å². The summed E-state index contributed by atoms with van der Waals surface area (Å²) >= 11 is 0. The number of ether oxygens (including phenoxy) is 1. The maximum atomic E-state index is 11.8. The Kier molecular flexibility index (Phi) is 3.93. The fourth-order valence-electron chi connectivity index (χ4n) is 1.87. The number of hydrogen-bond donors (Lipinski definition) is 1. The van der Waals surface area contributed by atoms with E-state index in [-0.39, 0.29) is 6.04 Å². The first-order valence-electron chi connectivity index (χ1n) is 6.27. The number of nitrogens with zero attached hydrogens (tertiary/aromatic N) is 1. The molecule has 104 valence electrons. The van der Waals surface area contributed by atoms with Crippen molar-refractivity contribution in [1.82, 2.24) is 4.90 Å². The molecule has 1 fully saturated rings. The van der Waals surface area contributed by atoms with Crippen molar-refractivity contribution < 1.29 is 19.4 Å². The minimum atomic E-state index is -0.757. The van der Waals surface area contributed by atoms with Crippen LogP contribution in [0.15, 0.2) is 0 Å². The van der Waals surface area contributed by atoms with E-state index < -0.39 is 23.1 Å². The lowest BCUT2D eigenvalue weighted by Gasteiger charge is -2.30. The molecule has 0 spiro atoms. The third-order valence-electron chi connectivity index (χ3n) is 3.34. The van der Waals surface area contributed by atoms with Crippen molar-refractivity contribution in [3.63, 3.8) is 0 Å². The monoisotopic (exact) mass is 257 g/mol. The van der Waals surface area contributed by atoms with E-state index in [1.807, 2.05) is 27.7 Å². The second-order valence-corrected chi connectivity index (χ2v) is 6.23. The second-order valence-electron chi connectivity index (χ2n) is 6.23. The van der Waals surface area contributed by atoms with Crippen LogP contribution in [0.1, 0.15) is 47.0 Å². The van der Waals surface area contributed by atoms with E-state index in [0.717, 1.165) is 0 Å². The van der Waals surface area contributed by atoms with E-state index in [1.54, 1.807) is 7.05 Å². The molecule has 1 unspecified atom stereocenters. The van der Waals surface area contributed by atoms with Crippen LogP contribution in [-0.4, -0.2) is 40.8 Å². The molecule has 1 N–H and O–H groups in total. The summed E-state index contributed by atoms with van der Waals surface area (Å²) in [5.74, 6) is -0.757. The fourth-order valence-corrected chi connectivity index (χ4v) is 1.87. The zero-order valence-corrected chi connectivity index (χ0v) is 11.8. The molecule has 0 aliphatic heterocycles. The molecule has 0 aromatic heterocycles. The van der Waals surface area contributed by atoms with Gasteiger partial charge >= 0.3 is 12.1 Å². The SMILES string of the molecule is CC(CC1(C(=O)O)CC1)N(C)C(=O)OC(C)(C)C. The average Bonchev–Trinajstić information content (AvgIpc) is 2.94. The van der Waals surface area contributed by atoms with Gasteiger partial charge < -0.3 is 14.7 Å². The van der Waals surface area contributed by atoms with E-state index >= 15 is 0 Å². The van der Waals surface area contributed by atoms with Crippen molar-refractivity contribution in [1.29, 1.82) is 0 Å². The Morgan fingerprint density at radius 3 is 2.22 bits per heavy atom. The molecule has 0 bridgehead atoms. The molecule has 0 aromatic carbocycles. The van der Waals surface area contributed by atoms with Gasteiger partial charge in [0.2, 0.25) is 0 Å². The lowest BCUT2D eigenvalue weighted by Crippen LogP contribution is -2.41. The Hall–Kier alpha value is -1.26. The first kappa shape index (κ1) is 14.8. The first-order chi connectivity index (χ1) is 8.07. The Bertz CT molecular complexity index is 341. The Labute approximate surface area is 108 Å². The van der Waals surface area contributed by atoms with E-state index in [1.165, 1.54) is 4.90 Å². The van der Waals surface area contributed by atoms with Crippen LogP contribution in [0.4, 0.5) is 4.79 Å². The summed E-state index contributed by atoms with van der Waals surface area (Å²) < 4.78 is 5.26. The molecule has 1 aliphatic rings. The molecule has 0 radical (unpaired) electrons. The topological polar surface area (TPSA) is 66.8 Å². The van der Waals surface area contributed by atoms with Gasteiger partial charge in [-0.25, -0.2) is 4.79 Å². The zero-order valence-electron chi connectivity index (χ0n) is 11.8. The van der Waals surface area contributed by atoms with E-state index in [9.17, 15) is 9.59 Å². The highest BCUT2D eigenvalue weighted by Gasteiger charge is 2.51. The van der Waals surface area contributed by atoms with Crippen LogP contribution >= 0.6 is 0 Å². The molecule has 18 heavy (non-hydrogen) atoms. The summed E-state index contributed by atoms with van der Waals surface area (Å²) in [5.41, 5.74) is -1.15. The number of carboxylic acids is 1. The van der Waals surface area contributed by atoms with Gasteiger partial charge in [0.25, 0.3) is 0 Å². The highest BCUT2D eigenvalue weighted by molar-refractivity contribution is 5.78. The van der Waals surface area contributed by atoms with Crippen LogP contribution in [0.2, 0.25) is 0 Å². The molecule has 5 heteroatoms. The van der Waals surface area contributed by atoms with Gasteiger partial charge in [-0.15, -0.1) is 0 Å². The van der Waals surface area contributed by atoms with Crippen molar-refractivity contribution in [2.45, 2.75) is 58.6 Å². The fraction of sp³-hybridized carbons (Fsp3) is 0.846. The molecular weight excluding hydrogens is 234 g/mol. The van der Waals surface area contributed by atoms with Crippen molar-refractivity contribution in [3.8, 4) is 0 Å². The van der Waals surface area contributed by atoms with Crippen molar-refractivity contribution in [3.05, 3.63) is 0 Å². The number of carboxylic acid groups (broad SMARTS) is 1. The van der Waals surface area contributed by atoms with Gasteiger partial charge in [-0.2, -0.15) is 0 Å². The van der Waals surface area contributed by atoms with Crippen LogP contribution in [0.5, 0.6) is 0 Å². The number of amides is 1. The third-order valence-corrected chi connectivity index (χ3v) is 3.34. The van der Waals surface area contributed by atoms with Crippen molar-refractivity contribution in [2.75, 3.05) is 7.05 Å². The summed E-state index contributed by atoms with van der Waals surface area (Å²) in [6.45, 7) is 7.28. The molecule has 5 nitrogen and oxygen atoms in total. The lowest BCUT2D eigenvalue weighted by molar-refractivity contribution is -0.144. The minimum Gasteiger partial charge on any atom is -0.481 e. The van der Waals surface area contributed by atoms with Gasteiger partial charge in [0.05, 0.1) is 5.41 Å². The summed E-state index contributed by atoms with van der Waals surface area (Å²) in [6, 6.07) is -0.140. The predicted molar refractivity (Wildman–Crippen MR) is 67.4 cm³/mol. The second kappa shape index (κ2) is 4.78. The molecule has 0 aromatic rings. The molecule has 1 atom stereocenters. The standard InChI is InChI=1S/C13H23NO4/c1-9(8-13(6-7-13)10(15)16)14(5)11(17)18-12(2,3)4/h9H,6-8H2,1-5H3,(H,15,16). The Morgan fingerprint density at radius 2 is 1.89 bits per heavy atom. The largest absolute Gasteiger partial charge is 0.481 e. The maximum absolute atomic E-state index is 11.8. The highest BCUT2D eigenvalue weighted by atomic mass is 16.6. The van der Waals surface area contributed by atoms with Gasteiger partial charge in [-0.05, 0) is 47.0 Å². The number of hydrogen-bond acceptors (Lipinski definition) is 3. The van der Waals surface area contributed by atoms with Crippen molar-refractivity contribution in [2.24, 2.45) is 5.41 Å². The number of carbonyl (C=O) groups is 2. The third kappa shape index (κ3) is 3.62. The van der Waals surface area contributed by atoms with Gasteiger partial charge in [0, 0.05) is 13.1 Å². The van der Waals surface area contributed by atoms with Crippen LogP contribution in [0.25, 0.3) is 0 Å². The van der Waals surface area contributed by atoms with E-state index in [0.29, 0.717) is 19.3 Å². The van der Waals surface area contributed by atoms with Gasteiger partial charge in [-0.3, -0.25) is 4.79 Å². The Morgan fingerprint density at radius 1 is 1.39 bits per heavy atom. The zero-order chi connectivity index (χ0) is 14.1. The number of carbonyl (C=O) groups excluding carboxylic acids is 1. The Balaban J connectivity index is 2.54. The predicted octanol–water partition coefficient (Wildman–Crippen LogP) is 2.50. The highest BCUT2D eigenvalue weighted by Crippen LogP contribution is 2.50. The molecule has 1 amide bonds. The summed E-state index contributed by atoms with van der Waals surface area (Å²) in [4.78, 5) is 24.4. The van der Waals surface area contributed by atoms with Crippen LogP contribution < -0.4 is 0 Å². The summed E-state index contributed by atoms with van der Waals surface area (Å²) in [6.07, 6.45) is 1.48. The van der Waals surface area contributed by atoms with E-state index in [2.05, 4.69) is 0 Å². The minimum absolute atomic E-state index is 0.140. The van der Waals surface area contributed by atoms with Gasteiger partial charge in [-0.1, -0.05) is 0 Å². The number of rotatable bonds is 4. The normalized spacial score (nSPS) is 18.9. The summed E-state index contributed by atoms with van der Waals surface area (Å²) in [7, 11) is 1.65. The molecule has 0 heterocycles. The van der Waals surface area contributed by atoms with Crippen LogP contribution in [0, 0.1) is 5.41 Å². The molecule has 1 aliphatic carbocycles. The molecular formula is C13H23NO4. The molecule has 1 rings (SSSR count). The maximum Gasteiger partial charge on any atom is 0.410 e. The van der Waals surface area contributed by atoms with E-state index in [4.69, 9.17) is 9.84 Å². The first-order valence-corrected chi connectivity index (χ1v) is 6.27. The smallest absolute Gasteiger partial charge is 0.410 e. The summed E-state index contributed by atoms with van der Waals surface area (Å²) in [5, 5.41) is 9.12.